The first-order valence-electron chi connectivity index (χ1n) is 20.2. The summed E-state index contributed by atoms with van der Waals surface area (Å²) in [4.78, 5) is 14.1. The van der Waals surface area contributed by atoms with Crippen LogP contribution in [0.2, 0.25) is 0 Å². The molecule has 12 heteroatoms. The number of ether oxygens (including phenoxy) is 9. The van der Waals surface area contributed by atoms with Gasteiger partial charge < -0.3 is 53.5 Å². The van der Waals surface area contributed by atoms with Gasteiger partial charge in [0.05, 0.1) is 67.1 Å². The molecule has 10 heterocycles. The highest BCUT2D eigenvalue weighted by molar-refractivity contribution is 5.79. The number of aliphatic hydroxyl groups excluding tert-OH is 1. The van der Waals surface area contributed by atoms with E-state index in [1.54, 1.807) is 7.11 Å². The lowest BCUT2D eigenvalue weighted by Gasteiger charge is -2.47. The molecule has 0 aromatic rings. The van der Waals surface area contributed by atoms with Crippen LogP contribution < -0.4 is 5.73 Å². The molecule has 1 spiro atoms. The van der Waals surface area contributed by atoms with Crippen molar-refractivity contribution in [2.45, 2.75) is 194 Å². The number of aliphatic hydroxyl groups is 1. The zero-order chi connectivity index (χ0) is 35.9. The number of methoxy groups -OCH3 is 1. The largest absolute Gasteiger partial charge is 0.392 e. The van der Waals surface area contributed by atoms with E-state index in [2.05, 4.69) is 20.1 Å². The summed E-state index contributed by atoms with van der Waals surface area (Å²) in [6, 6.07) is 0. The molecule has 19 atom stereocenters. The number of hydrogen-bond acceptors (Lipinski definition) is 12. The molecule has 52 heavy (non-hydrogen) atoms. The lowest BCUT2D eigenvalue weighted by atomic mass is 9.81. The van der Waals surface area contributed by atoms with Crippen LogP contribution in [0.3, 0.4) is 0 Å². The number of ketones is 1. The molecular formula is C40H59NO11. The van der Waals surface area contributed by atoms with Crippen LogP contribution in [0.25, 0.3) is 0 Å². The highest BCUT2D eigenvalue weighted by atomic mass is 16.8. The summed E-state index contributed by atoms with van der Waals surface area (Å²) in [7, 11) is 1.66. The average Bonchev–Trinajstić information content (AvgIpc) is 3.79. The lowest BCUT2D eigenvalue weighted by molar-refractivity contribution is -0.292. The molecule has 0 aliphatic carbocycles. The first-order chi connectivity index (χ1) is 25.1. The SMILES string of the molecule is C=C1CC2CCC34C[C@H]5OC6C(O3)[C@H]3OC(CCC3O[C@H]6C5O4)CC(=O)CC3[C@@H](OC)C(CC(O)CN)O[C@H]3CC3OC(CCC1O2)C[C@@H](C)C3=C. The van der Waals surface area contributed by atoms with E-state index in [9.17, 15) is 9.90 Å². The highest BCUT2D eigenvalue weighted by Gasteiger charge is 2.68. The molecule has 0 aromatic carbocycles. The van der Waals surface area contributed by atoms with E-state index >= 15 is 0 Å². The van der Waals surface area contributed by atoms with Gasteiger partial charge in [-0.1, -0.05) is 20.1 Å². The fraction of sp³-hybridized carbons (Fsp3) is 0.875. The Labute approximate surface area is 307 Å². The first kappa shape index (κ1) is 36.4. The van der Waals surface area contributed by atoms with Crippen molar-refractivity contribution in [2.24, 2.45) is 17.6 Å². The second kappa shape index (κ2) is 14.3. The Hall–Kier alpha value is -1.29. The monoisotopic (exact) mass is 729 g/mol. The van der Waals surface area contributed by atoms with Gasteiger partial charge in [-0.25, -0.2) is 0 Å². The summed E-state index contributed by atoms with van der Waals surface area (Å²) in [6.07, 6.45) is 4.85. The third kappa shape index (κ3) is 6.59. The van der Waals surface area contributed by atoms with Gasteiger partial charge in [-0.3, -0.25) is 4.79 Å². The summed E-state index contributed by atoms with van der Waals surface area (Å²) >= 11 is 0. The first-order valence-corrected chi connectivity index (χ1v) is 20.2. The Morgan fingerprint density at radius 1 is 0.808 bits per heavy atom. The van der Waals surface area contributed by atoms with Crippen molar-refractivity contribution in [1.29, 1.82) is 0 Å². The van der Waals surface area contributed by atoms with Crippen LogP contribution >= 0.6 is 0 Å². The van der Waals surface area contributed by atoms with E-state index in [0.29, 0.717) is 25.7 Å². The van der Waals surface area contributed by atoms with Gasteiger partial charge >= 0.3 is 0 Å². The maximum atomic E-state index is 14.1. The van der Waals surface area contributed by atoms with Crippen LogP contribution in [-0.4, -0.2) is 128 Å². The number of Topliss-reactive ketones (excluding diaryl/α,β-unsaturated/α-hetero) is 1. The van der Waals surface area contributed by atoms with Gasteiger partial charge in [0.25, 0.3) is 0 Å². The molecule has 290 valence electrons. The van der Waals surface area contributed by atoms with Crippen molar-refractivity contribution in [2.75, 3.05) is 13.7 Å². The smallest absolute Gasteiger partial charge is 0.172 e. The normalized spacial score (nSPS) is 52.4. The van der Waals surface area contributed by atoms with Gasteiger partial charge in [0, 0.05) is 58.1 Å². The molecule has 10 fully saturated rings. The molecule has 13 unspecified atom stereocenters. The second-order valence-corrected chi connectivity index (χ2v) is 17.4. The van der Waals surface area contributed by atoms with Gasteiger partial charge in [0.2, 0.25) is 0 Å². The third-order valence-electron chi connectivity index (χ3n) is 14.0. The second-order valence-electron chi connectivity index (χ2n) is 17.4. The van der Waals surface area contributed by atoms with Crippen LogP contribution in [0.1, 0.15) is 90.4 Å². The zero-order valence-electron chi connectivity index (χ0n) is 30.8. The molecule has 12 bridgehead atoms. The maximum Gasteiger partial charge on any atom is 0.172 e. The van der Waals surface area contributed by atoms with E-state index in [1.807, 2.05) is 0 Å². The highest BCUT2D eigenvalue weighted by Crippen LogP contribution is 2.54. The Kier molecular flexibility index (Phi) is 10.0. The van der Waals surface area contributed by atoms with Crippen LogP contribution in [-0.2, 0) is 47.4 Å². The summed E-state index contributed by atoms with van der Waals surface area (Å²) < 4.78 is 60.0. The predicted octanol–water partition coefficient (Wildman–Crippen LogP) is 3.44. The molecule has 10 aliphatic heterocycles. The Morgan fingerprint density at radius 3 is 2.38 bits per heavy atom. The Morgan fingerprint density at radius 2 is 1.56 bits per heavy atom. The molecule has 10 saturated heterocycles. The van der Waals surface area contributed by atoms with Crippen molar-refractivity contribution >= 4 is 5.78 Å². The molecule has 3 N–H and O–H groups in total. The van der Waals surface area contributed by atoms with Crippen LogP contribution in [0.5, 0.6) is 0 Å². The van der Waals surface area contributed by atoms with Gasteiger partial charge in [0.15, 0.2) is 5.79 Å². The number of fused-ring (bicyclic) bond motifs is 6. The molecule has 12 nitrogen and oxygen atoms in total. The van der Waals surface area contributed by atoms with Crippen molar-refractivity contribution in [3.63, 3.8) is 0 Å². The van der Waals surface area contributed by atoms with E-state index in [4.69, 9.17) is 48.4 Å². The number of carbonyl (C=O) groups is 1. The summed E-state index contributed by atoms with van der Waals surface area (Å²) in [5.74, 6) is -0.619. The van der Waals surface area contributed by atoms with Gasteiger partial charge in [-0.2, -0.15) is 0 Å². The average molecular weight is 730 g/mol. The maximum absolute atomic E-state index is 14.1. The standard InChI is InChI=1S/C40H59NO11/c1-19-11-24-5-7-28-20(2)12-26(45-28)9-10-40-17-33-36(51-40)37-38(50-33)39(52-40)35-29(49-37)8-6-25(47-35)13-22(42)14-27-31(16-30(46-24)21(19)3)48-32(34(27)44-4)15-23(43)18-41/h19,23-39,43H,2-3,5-18,41H2,1,4H3/t19-,23?,24?,25?,26?,27?,28?,29?,30?,31+,32?,33-,34-,35+,36?,37+,38?,39?,40?/m1/s1. The third-order valence-corrected chi connectivity index (χ3v) is 14.0. The van der Waals surface area contributed by atoms with Gasteiger partial charge in [-0.15, -0.1) is 0 Å². The molecule has 0 amide bonds. The number of hydrogen-bond donors (Lipinski definition) is 2. The molecule has 10 aliphatic rings. The molecule has 0 radical (unpaired) electrons. The molecule has 10 rings (SSSR count). The van der Waals surface area contributed by atoms with Crippen LogP contribution in [0, 0.1) is 11.8 Å². The molecule has 0 aromatic heterocycles. The zero-order valence-corrected chi connectivity index (χ0v) is 30.8. The Bertz CT molecular complexity index is 1380. The van der Waals surface area contributed by atoms with Gasteiger partial charge in [0.1, 0.15) is 36.3 Å². The van der Waals surface area contributed by atoms with Crippen LogP contribution in [0.15, 0.2) is 24.3 Å². The van der Waals surface area contributed by atoms with Crippen molar-refractivity contribution in [3.8, 4) is 0 Å². The number of nitrogens with two attached hydrogens (primary N) is 1. The van der Waals surface area contributed by atoms with E-state index in [0.717, 1.165) is 56.1 Å². The van der Waals surface area contributed by atoms with Gasteiger partial charge in [-0.05, 0) is 62.0 Å². The topological polar surface area (TPSA) is 146 Å². The minimum Gasteiger partial charge on any atom is -0.392 e. The number of rotatable bonds is 4. The van der Waals surface area contributed by atoms with E-state index in [-0.39, 0.29) is 122 Å². The summed E-state index contributed by atoms with van der Waals surface area (Å²) in [5, 5.41) is 10.5. The summed E-state index contributed by atoms with van der Waals surface area (Å²) in [5.41, 5.74) is 8.01. The fourth-order valence-corrected chi connectivity index (χ4v) is 11.3. The lowest BCUT2D eigenvalue weighted by Crippen LogP contribution is -2.61. The van der Waals surface area contributed by atoms with E-state index in [1.165, 1.54) is 0 Å². The molecular weight excluding hydrogens is 670 g/mol. The summed E-state index contributed by atoms with van der Waals surface area (Å²) in [6.45, 7) is 11.3. The predicted molar refractivity (Wildman–Crippen MR) is 186 cm³/mol. The minimum atomic E-state index is -0.780. The van der Waals surface area contributed by atoms with Crippen molar-refractivity contribution in [1.82, 2.24) is 0 Å². The van der Waals surface area contributed by atoms with Crippen molar-refractivity contribution < 1.29 is 52.5 Å². The van der Waals surface area contributed by atoms with Crippen LogP contribution in [0.4, 0.5) is 0 Å². The van der Waals surface area contributed by atoms with Crippen molar-refractivity contribution in [3.05, 3.63) is 24.3 Å². The number of carbonyl (C=O) groups excluding carboxylic acids is 1. The quantitative estimate of drug-likeness (QED) is 0.409. The minimum absolute atomic E-state index is 0.0158. The molecule has 0 saturated carbocycles. The van der Waals surface area contributed by atoms with E-state index < -0.39 is 18.0 Å². The Balaban J connectivity index is 0.994. The fourth-order valence-electron chi connectivity index (χ4n) is 11.3.